The highest BCUT2D eigenvalue weighted by Gasteiger charge is 2.33. The summed E-state index contributed by atoms with van der Waals surface area (Å²) in [7, 11) is 0. The fourth-order valence-corrected chi connectivity index (χ4v) is 3.83. The highest BCUT2D eigenvalue weighted by atomic mass is 16.6. The number of nitro benzene ring substituents is 1. The summed E-state index contributed by atoms with van der Waals surface area (Å²) in [5.74, 6) is 1.50. The molecule has 3 rings (SSSR count). The summed E-state index contributed by atoms with van der Waals surface area (Å²) in [6.07, 6.45) is 4.93. The maximum Gasteiger partial charge on any atom is 0.270 e. The lowest BCUT2D eigenvalue weighted by Gasteiger charge is -2.40. The number of hydrogen-bond donors (Lipinski definition) is 1. The molecule has 7 heteroatoms. The van der Waals surface area contributed by atoms with Crippen molar-refractivity contribution in [2.24, 2.45) is 11.3 Å². The first kappa shape index (κ1) is 18.5. The van der Waals surface area contributed by atoms with Gasteiger partial charge in [0.15, 0.2) is 0 Å². The number of aromatic nitrogens is 2. The molecule has 26 heavy (non-hydrogen) atoms. The van der Waals surface area contributed by atoms with E-state index in [0.717, 1.165) is 6.42 Å². The lowest BCUT2D eigenvalue weighted by molar-refractivity contribution is -0.384. The molecule has 2 unspecified atom stereocenters. The zero-order valence-electron chi connectivity index (χ0n) is 15.6. The fraction of sp³-hybridized carbons (Fsp3) is 0.579. The Bertz CT molecular complexity index is 766. The van der Waals surface area contributed by atoms with E-state index >= 15 is 0 Å². The van der Waals surface area contributed by atoms with E-state index in [1.165, 1.54) is 31.4 Å². The van der Waals surface area contributed by atoms with Gasteiger partial charge in [-0.15, -0.1) is 0 Å². The lowest BCUT2D eigenvalue weighted by atomic mass is 9.69. The second kappa shape index (κ2) is 7.53. The predicted molar refractivity (Wildman–Crippen MR) is 98.4 cm³/mol. The Morgan fingerprint density at radius 3 is 2.81 bits per heavy atom. The molecule has 1 fully saturated rings. The average Bonchev–Trinajstić information content (AvgIpc) is 3.08. The Hall–Kier alpha value is -2.28. The van der Waals surface area contributed by atoms with Crippen LogP contribution in [-0.4, -0.2) is 21.1 Å². The van der Waals surface area contributed by atoms with Crippen LogP contribution in [0.5, 0.6) is 0 Å². The number of rotatable bonds is 5. The molecule has 1 aromatic carbocycles. The number of nitro groups is 1. The van der Waals surface area contributed by atoms with Crippen LogP contribution in [0.3, 0.4) is 0 Å². The van der Waals surface area contributed by atoms with Gasteiger partial charge in [0, 0.05) is 23.7 Å². The SMILES string of the molecule is CC(C)(C)C1CCCCC1NCc1nc(-c2cccc([N+](=O)[O-])c2)no1. The number of nitrogens with zero attached hydrogens (tertiary/aromatic N) is 3. The van der Waals surface area contributed by atoms with E-state index in [1.54, 1.807) is 12.1 Å². The van der Waals surface area contributed by atoms with Gasteiger partial charge in [0.05, 0.1) is 11.5 Å². The Morgan fingerprint density at radius 2 is 2.08 bits per heavy atom. The Kier molecular flexibility index (Phi) is 5.36. The number of benzene rings is 1. The van der Waals surface area contributed by atoms with Crippen LogP contribution in [0.25, 0.3) is 11.4 Å². The maximum atomic E-state index is 10.9. The summed E-state index contributed by atoms with van der Waals surface area (Å²) < 4.78 is 5.34. The quantitative estimate of drug-likeness (QED) is 0.631. The molecule has 0 radical (unpaired) electrons. The standard InChI is InChI=1S/C19H26N4O3/c1-19(2,3)15-9-4-5-10-16(15)20-12-17-21-18(22-26-17)13-7-6-8-14(11-13)23(24)25/h6-8,11,15-16,20H,4-5,9-10,12H2,1-3H3. The van der Waals surface area contributed by atoms with Gasteiger partial charge in [0.25, 0.3) is 5.69 Å². The Balaban J connectivity index is 1.67. The minimum Gasteiger partial charge on any atom is -0.338 e. The molecule has 1 aliphatic carbocycles. The van der Waals surface area contributed by atoms with E-state index in [0.29, 0.717) is 35.8 Å². The number of hydrogen-bond acceptors (Lipinski definition) is 6. The third-order valence-corrected chi connectivity index (χ3v) is 5.18. The molecule has 2 aromatic rings. The number of nitrogens with one attached hydrogen (secondary N) is 1. The van der Waals surface area contributed by atoms with E-state index in [4.69, 9.17) is 4.52 Å². The van der Waals surface area contributed by atoms with E-state index in [9.17, 15) is 10.1 Å². The summed E-state index contributed by atoms with van der Waals surface area (Å²) in [5, 5.41) is 18.5. The molecule has 0 saturated heterocycles. The highest BCUT2D eigenvalue weighted by molar-refractivity contribution is 5.58. The molecule has 0 bridgehead atoms. The normalized spacial score (nSPS) is 20.9. The van der Waals surface area contributed by atoms with E-state index in [2.05, 4.69) is 36.2 Å². The zero-order chi connectivity index (χ0) is 18.7. The van der Waals surface area contributed by atoms with Gasteiger partial charge in [-0.3, -0.25) is 10.1 Å². The van der Waals surface area contributed by atoms with Crippen LogP contribution in [0.1, 0.15) is 52.3 Å². The molecular weight excluding hydrogens is 332 g/mol. The average molecular weight is 358 g/mol. The lowest BCUT2D eigenvalue weighted by Crippen LogP contribution is -2.43. The molecular formula is C19H26N4O3. The highest BCUT2D eigenvalue weighted by Crippen LogP contribution is 2.38. The van der Waals surface area contributed by atoms with Crippen LogP contribution in [0.4, 0.5) is 5.69 Å². The number of non-ortho nitro benzene ring substituents is 1. The van der Waals surface area contributed by atoms with Gasteiger partial charge in [0.2, 0.25) is 11.7 Å². The minimum absolute atomic E-state index is 0.0159. The van der Waals surface area contributed by atoms with Crippen molar-refractivity contribution in [3.05, 3.63) is 40.3 Å². The first-order valence-electron chi connectivity index (χ1n) is 9.15. The topological polar surface area (TPSA) is 94.1 Å². The van der Waals surface area contributed by atoms with Crippen LogP contribution in [-0.2, 0) is 6.54 Å². The molecule has 1 N–H and O–H groups in total. The van der Waals surface area contributed by atoms with Crippen molar-refractivity contribution in [1.29, 1.82) is 0 Å². The minimum atomic E-state index is -0.429. The van der Waals surface area contributed by atoms with E-state index < -0.39 is 4.92 Å². The van der Waals surface area contributed by atoms with Gasteiger partial charge in [-0.25, -0.2) is 0 Å². The molecule has 7 nitrogen and oxygen atoms in total. The second-order valence-electron chi connectivity index (χ2n) is 8.06. The molecule has 0 amide bonds. The van der Waals surface area contributed by atoms with Crippen LogP contribution < -0.4 is 5.32 Å². The van der Waals surface area contributed by atoms with Gasteiger partial charge < -0.3 is 9.84 Å². The molecule has 1 saturated carbocycles. The van der Waals surface area contributed by atoms with Crippen LogP contribution in [0.15, 0.2) is 28.8 Å². The molecule has 0 spiro atoms. The largest absolute Gasteiger partial charge is 0.338 e. The van der Waals surface area contributed by atoms with Gasteiger partial charge in [-0.1, -0.05) is 50.9 Å². The second-order valence-corrected chi connectivity index (χ2v) is 8.06. The van der Waals surface area contributed by atoms with Crippen LogP contribution >= 0.6 is 0 Å². The summed E-state index contributed by atoms with van der Waals surface area (Å²) in [6, 6.07) is 6.71. The van der Waals surface area contributed by atoms with Crippen molar-refractivity contribution < 1.29 is 9.45 Å². The molecule has 140 valence electrons. The van der Waals surface area contributed by atoms with E-state index in [1.807, 2.05) is 0 Å². The summed E-state index contributed by atoms with van der Waals surface area (Å²) >= 11 is 0. The fourth-order valence-electron chi connectivity index (χ4n) is 3.83. The van der Waals surface area contributed by atoms with Gasteiger partial charge in [-0.2, -0.15) is 4.98 Å². The summed E-state index contributed by atoms with van der Waals surface area (Å²) in [4.78, 5) is 14.9. The van der Waals surface area contributed by atoms with Crippen molar-refractivity contribution in [3.8, 4) is 11.4 Å². The van der Waals surface area contributed by atoms with Crippen molar-refractivity contribution in [1.82, 2.24) is 15.5 Å². The van der Waals surface area contributed by atoms with Crippen molar-refractivity contribution >= 4 is 5.69 Å². The van der Waals surface area contributed by atoms with Crippen LogP contribution in [0.2, 0.25) is 0 Å². The van der Waals surface area contributed by atoms with Gasteiger partial charge >= 0.3 is 0 Å². The molecule has 1 aromatic heterocycles. The third-order valence-electron chi connectivity index (χ3n) is 5.18. The first-order valence-corrected chi connectivity index (χ1v) is 9.15. The van der Waals surface area contributed by atoms with Gasteiger partial charge in [-0.05, 0) is 24.2 Å². The molecule has 1 heterocycles. The Morgan fingerprint density at radius 1 is 1.31 bits per heavy atom. The van der Waals surface area contributed by atoms with Crippen molar-refractivity contribution in [2.45, 2.75) is 59.0 Å². The smallest absolute Gasteiger partial charge is 0.270 e. The van der Waals surface area contributed by atoms with Crippen LogP contribution in [0, 0.1) is 21.4 Å². The van der Waals surface area contributed by atoms with Gasteiger partial charge in [0.1, 0.15) is 0 Å². The van der Waals surface area contributed by atoms with Crippen molar-refractivity contribution in [2.75, 3.05) is 0 Å². The molecule has 1 aliphatic rings. The first-order chi connectivity index (χ1) is 12.3. The maximum absolute atomic E-state index is 10.9. The summed E-state index contributed by atoms with van der Waals surface area (Å²) in [5.41, 5.74) is 0.864. The Labute approximate surface area is 153 Å². The molecule has 0 aliphatic heterocycles. The van der Waals surface area contributed by atoms with E-state index in [-0.39, 0.29) is 11.1 Å². The molecule has 2 atom stereocenters. The summed E-state index contributed by atoms with van der Waals surface area (Å²) in [6.45, 7) is 7.40. The zero-order valence-corrected chi connectivity index (χ0v) is 15.6. The monoisotopic (exact) mass is 358 g/mol. The third kappa shape index (κ3) is 4.27. The van der Waals surface area contributed by atoms with Crippen molar-refractivity contribution in [3.63, 3.8) is 0 Å². The predicted octanol–water partition coefficient (Wildman–Crippen LogP) is 4.34.